The quantitative estimate of drug-likeness (QED) is 0.547. The Balaban J connectivity index is 2.14. The molecule has 0 radical (unpaired) electrons. The van der Waals surface area contributed by atoms with Gasteiger partial charge in [0.1, 0.15) is 5.25 Å². The predicted molar refractivity (Wildman–Crippen MR) is 92.9 cm³/mol. The fraction of sp³-hybridized carbons (Fsp3) is 0.333. The Morgan fingerprint density at radius 1 is 1.28 bits per heavy atom. The van der Waals surface area contributed by atoms with Crippen LogP contribution in [0.4, 0.5) is 0 Å². The van der Waals surface area contributed by atoms with E-state index in [1.54, 1.807) is 12.1 Å². The zero-order chi connectivity index (χ0) is 18.4. The molecule has 0 unspecified atom stereocenters. The summed E-state index contributed by atoms with van der Waals surface area (Å²) in [6.07, 6.45) is 1.18. The first-order valence-electron chi connectivity index (χ1n) is 7.08. The Hall–Kier alpha value is -2.75. The standard InChI is InChI=1S/C15H17N3O6S/c1-22-9-4-8(5-10(23-2)13(9)24-3)7-16-18-15-17-14(21)11(25-15)6-12(19)20/h4-5,7,11H,6H2,1-3H3,(H,19,20)(H,17,18,21)/b16-7-/t11-/m0/s1. The number of hydrogen-bond donors (Lipinski definition) is 2. The third-order valence-corrected chi connectivity index (χ3v) is 4.25. The van der Waals surface area contributed by atoms with Crippen molar-refractivity contribution in [2.75, 3.05) is 21.3 Å². The molecule has 2 rings (SSSR count). The highest BCUT2D eigenvalue weighted by atomic mass is 32.2. The van der Waals surface area contributed by atoms with Gasteiger partial charge in [0.05, 0.1) is 34.0 Å². The average Bonchev–Trinajstić information content (AvgIpc) is 2.92. The van der Waals surface area contributed by atoms with Crippen LogP contribution in [-0.4, -0.2) is 54.9 Å². The van der Waals surface area contributed by atoms with E-state index in [-0.39, 0.29) is 11.6 Å². The number of amidine groups is 1. The maximum Gasteiger partial charge on any atom is 0.305 e. The lowest BCUT2D eigenvalue weighted by Gasteiger charge is -2.12. The zero-order valence-electron chi connectivity index (χ0n) is 13.8. The molecule has 1 atom stereocenters. The number of benzene rings is 1. The van der Waals surface area contributed by atoms with Gasteiger partial charge in [-0.05, 0) is 12.1 Å². The van der Waals surface area contributed by atoms with Gasteiger partial charge in [0.2, 0.25) is 11.7 Å². The van der Waals surface area contributed by atoms with E-state index in [0.29, 0.717) is 22.8 Å². The monoisotopic (exact) mass is 367 g/mol. The van der Waals surface area contributed by atoms with Crippen LogP contribution in [0.3, 0.4) is 0 Å². The first-order chi connectivity index (χ1) is 12.0. The summed E-state index contributed by atoms with van der Waals surface area (Å²) in [5.74, 6) is -0.0328. The van der Waals surface area contributed by atoms with Gasteiger partial charge in [0.25, 0.3) is 0 Å². The number of ether oxygens (including phenoxy) is 3. The molecule has 0 spiro atoms. The molecule has 1 saturated heterocycles. The fourth-order valence-electron chi connectivity index (χ4n) is 2.07. The molecule has 0 aliphatic carbocycles. The van der Waals surface area contributed by atoms with Gasteiger partial charge in [-0.2, -0.15) is 5.10 Å². The lowest BCUT2D eigenvalue weighted by Crippen LogP contribution is -2.26. The van der Waals surface area contributed by atoms with Gasteiger partial charge in [0.15, 0.2) is 16.7 Å². The van der Waals surface area contributed by atoms with Crippen molar-refractivity contribution in [3.8, 4) is 17.2 Å². The molecule has 1 aromatic rings. The number of rotatable bonds is 7. The first-order valence-corrected chi connectivity index (χ1v) is 7.96. The van der Waals surface area contributed by atoms with Crippen LogP contribution in [0.1, 0.15) is 12.0 Å². The molecule has 1 aliphatic rings. The van der Waals surface area contributed by atoms with Gasteiger partial charge in [-0.25, -0.2) is 0 Å². The van der Waals surface area contributed by atoms with Crippen molar-refractivity contribution in [1.82, 2.24) is 5.32 Å². The van der Waals surface area contributed by atoms with Crippen LogP contribution in [0.2, 0.25) is 0 Å². The molecule has 10 heteroatoms. The molecule has 1 fully saturated rings. The van der Waals surface area contributed by atoms with Crippen LogP contribution in [0.15, 0.2) is 22.3 Å². The number of carbonyl (C=O) groups is 2. The van der Waals surface area contributed by atoms with Crippen LogP contribution < -0.4 is 19.5 Å². The molecular formula is C15H17N3O6S. The van der Waals surface area contributed by atoms with Gasteiger partial charge in [0, 0.05) is 5.56 Å². The van der Waals surface area contributed by atoms with E-state index in [0.717, 1.165) is 11.8 Å². The minimum atomic E-state index is -1.05. The zero-order valence-corrected chi connectivity index (χ0v) is 14.6. The van der Waals surface area contributed by atoms with Crippen molar-refractivity contribution in [1.29, 1.82) is 0 Å². The molecule has 1 aromatic carbocycles. The summed E-state index contributed by atoms with van der Waals surface area (Å²) < 4.78 is 15.7. The van der Waals surface area contributed by atoms with Gasteiger partial charge in [-0.1, -0.05) is 11.8 Å². The van der Waals surface area contributed by atoms with Gasteiger partial charge < -0.3 is 24.6 Å². The summed E-state index contributed by atoms with van der Waals surface area (Å²) in [7, 11) is 4.52. The second-order valence-electron chi connectivity index (χ2n) is 4.80. The highest BCUT2D eigenvalue weighted by molar-refractivity contribution is 8.15. The minimum Gasteiger partial charge on any atom is -0.493 e. The predicted octanol–water partition coefficient (Wildman–Crippen LogP) is 1.11. The smallest absolute Gasteiger partial charge is 0.305 e. The number of amides is 1. The summed E-state index contributed by atoms with van der Waals surface area (Å²) in [6.45, 7) is 0. The van der Waals surface area contributed by atoms with E-state index in [4.69, 9.17) is 19.3 Å². The van der Waals surface area contributed by atoms with E-state index in [2.05, 4.69) is 15.5 Å². The number of methoxy groups -OCH3 is 3. The second-order valence-corrected chi connectivity index (χ2v) is 5.99. The number of nitrogens with zero attached hydrogens (tertiary/aromatic N) is 2. The van der Waals surface area contributed by atoms with E-state index >= 15 is 0 Å². The highest BCUT2D eigenvalue weighted by Crippen LogP contribution is 2.37. The lowest BCUT2D eigenvalue weighted by atomic mass is 10.2. The summed E-state index contributed by atoms with van der Waals surface area (Å²) in [4.78, 5) is 22.3. The Bertz CT molecular complexity index is 709. The Labute approximate surface area is 148 Å². The van der Waals surface area contributed by atoms with E-state index in [1.807, 2.05) is 0 Å². The Kier molecular flexibility index (Phi) is 6.23. The van der Waals surface area contributed by atoms with Crippen molar-refractivity contribution in [2.24, 2.45) is 10.2 Å². The summed E-state index contributed by atoms with van der Waals surface area (Å²) >= 11 is 1.03. The fourth-order valence-corrected chi connectivity index (χ4v) is 2.98. The van der Waals surface area contributed by atoms with Crippen LogP contribution in [0.25, 0.3) is 0 Å². The molecule has 0 aromatic heterocycles. The maximum atomic E-state index is 11.6. The normalized spacial score (nSPS) is 18.4. The van der Waals surface area contributed by atoms with Crippen molar-refractivity contribution >= 4 is 35.0 Å². The summed E-state index contributed by atoms with van der Waals surface area (Å²) in [6, 6.07) is 3.39. The number of nitrogens with one attached hydrogen (secondary N) is 1. The maximum absolute atomic E-state index is 11.6. The van der Waals surface area contributed by atoms with Gasteiger partial charge in [-0.3, -0.25) is 9.59 Å². The topological polar surface area (TPSA) is 119 Å². The molecule has 2 N–H and O–H groups in total. The first kappa shape index (κ1) is 18.6. The molecule has 0 bridgehead atoms. The van der Waals surface area contributed by atoms with Gasteiger partial charge in [-0.15, -0.1) is 5.10 Å². The number of carbonyl (C=O) groups excluding carboxylic acids is 1. The van der Waals surface area contributed by atoms with Gasteiger partial charge >= 0.3 is 5.97 Å². The average molecular weight is 367 g/mol. The molecule has 1 aliphatic heterocycles. The molecule has 0 saturated carbocycles. The number of hydrogen-bond acceptors (Lipinski definition) is 8. The summed E-state index contributed by atoms with van der Waals surface area (Å²) in [5, 5.41) is 18.6. The number of thioether (sulfide) groups is 1. The largest absolute Gasteiger partial charge is 0.493 e. The highest BCUT2D eigenvalue weighted by Gasteiger charge is 2.32. The molecule has 9 nitrogen and oxygen atoms in total. The van der Waals surface area contributed by atoms with Crippen LogP contribution in [0.5, 0.6) is 17.2 Å². The van der Waals surface area contributed by atoms with Crippen molar-refractivity contribution < 1.29 is 28.9 Å². The third kappa shape index (κ3) is 4.63. The molecular weight excluding hydrogens is 350 g/mol. The Morgan fingerprint density at radius 3 is 2.44 bits per heavy atom. The van der Waals surface area contributed by atoms with Crippen LogP contribution >= 0.6 is 11.8 Å². The lowest BCUT2D eigenvalue weighted by molar-refractivity contribution is -0.138. The molecule has 134 valence electrons. The van der Waals surface area contributed by atoms with E-state index in [1.165, 1.54) is 27.5 Å². The number of aliphatic carboxylic acids is 1. The van der Waals surface area contributed by atoms with Crippen LogP contribution in [0, 0.1) is 0 Å². The number of carboxylic acid groups (broad SMARTS) is 1. The van der Waals surface area contributed by atoms with Crippen LogP contribution in [-0.2, 0) is 9.59 Å². The third-order valence-electron chi connectivity index (χ3n) is 3.18. The van der Waals surface area contributed by atoms with E-state index < -0.39 is 17.1 Å². The Morgan fingerprint density at radius 2 is 1.92 bits per heavy atom. The van der Waals surface area contributed by atoms with Crippen molar-refractivity contribution in [3.05, 3.63) is 17.7 Å². The molecule has 1 amide bonds. The minimum absolute atomic E-state index is 0.250. The number of carboxylic acids is 1. The second kappa shape index (κ2) is 8.38. The SMILES string of the molecule is COc1cc(/C=N\N=C2\NC(=O)[C@H](CC(=O)O)S2)cc(OC)c1OC. The molecule has 25 heavy (non-hydrogen) atoms. The van der Waals surface area contributed by atoms with Crippen molar-refractivity contribution in [3.63, 3.8) is 0 Å². The van der Waals surface area contributed by atoms with E-state index in [9.17, 15) is 9.59 Å². The van der Waals surface area contributed by atoms with Crippen molar-refractivity contribution in [2.45, 2.75) is 11.7 Å². The summed E-state index contributed by atoms with van der Waals surface area (Å²) in [5.41, 5.74) is 0.648. The molecule has 1 heterocycles.